The van der Waals surface area contributed by atoms with E-state index in [1.165, 1.54) is 11.1 Å². The summed E-state index contributed by atoms with van der Waals surface area (Å²) in [6.45, 7) is 3.71. The fourth-order valence-corrected chi connectivity index (χ4v) is 2.80. The average molecular weight is 353 g/mol. The van der Waals surface area contributed by atoms with Crippen molar-refractivity contribution >= 4 is 11.8 Å². The average Bonchev–Trinajstić information content (AvgIpc) is 2.63. The predicted octanol–water partition coefficient (Wildman–Crippen LogP) is 2.15. The van der Waals surface area contributed by atoms with Crippen LogP contribution in [0.15, 0.2) is 48.5 Å². The van der Waals surface area contributed by atoms with Gasteiger partial charge in [0.05, 0.1) is 6.54 Å². The quantitative estimate of drug-likeness (QED) is 0.764. The molecule has 0 bridgehead atoms. The number of hydrogen-bond donors (Lipinski definition) is 2. The molecule has 2 rings (SSSR count). The van der Waals surface area contributed by atoms with Gasteiger partial charge in [-0.15, -0.1) is 0 Å². The minimum atomic E-state index is -0.0991. The Balaban J connectivity index is 1.74. The van der Waals surface area contributed by atoms with E-state index >= 15 is 0 Å². The monoisotopic (exact) mass is 353 g/mol. The van der Waals surface area contributed by atoms with Crippen molar-refractivity contribution in [3.05, 3.63) is 70.8 Å². The van der Waals surface area contributed by atoms with Crippen LogP contribution in [0.3, 0.4) is 0 Å². The Morgan fingerprint density at radius 3 is 2.38 bits per heavy atom. The first-order valence-corrected chi connectivity index (χ1v) is 8.80. The highest BCUT2D eigenvalue weighted by Crippen LogP contribution is 2.08. The lowest BCUT2D eigenvalue weighted by molar-refractivity contribution is -0.122. The van der Waals surface area contributed by atoms with Crippen LogP contribution in [0.2, 0.25) is 0 Å². The standard InChI is InChI=1S/C21H27N3O2/c1-16-6-4-5-7-18(16)12-13-23-20(25)15-24(3)14-17-8-10-19(11-9-17)21(26)22-2/h4-11H,12-15H2,1-3H3,(H,22,26)(H,23,25). The summed E-state index contributed by atoms with van der Waals surface area (Å²) in [6, 6.07) is 15.6. The predicted molar refractivity (Wildman–Crippen MR) is 104 cm³/mol. The van der Waals surface area contributed by atoms with E-state index in [1.54, 1.807) is 19.2 Å². The normalized spacial score (nSPS) is 10.6. The summed E-state index contributed by atoms with van der Waals surface area (Å²) >= 11 is 0. The SMILES string of the molecule is CNC(=O)c1ccc(CN(C)CC(=O)NCCc2ccccc2C)cc1. The second-order valence-electron chi connectivity index (χ2n) is 6.47. The van der Waals surface area contributed by atoms with E-state index in [4.69, 9.17) is 0 Å². The number of hydrogen-bond acceptors (Lipinski definition) is 3. The molecular weight excluding hydrogens is 326 g/mol. The van der Waals surface area contributed by atoms with E-state index in [0.29, 0.717) is 25.2 Å². The summed E-state index contributed by atoms with van der Waals surface area (Å²) in [7, 11) is 3.52. The van der Waals surface area contributed by atoms with Gasteiger partial charge in [0.1, 0.15) is 0 Å². The van der Waals surface area contributed by atoms with Crippen LogP contribution >= 0.6 is 0 Å². The van der Waals surface area contributed by atoms with Crippen molar-refractivity contribution in [1.82, 2.24) is 15.5 Å². The molecule has 5 heteroatoms. The summed E-state index contributed by atoms with van der Waals surface area (Å²) in [6.07, 6.45) is 0.836. The highest BCUT2D eigenvalue weighted by Gasteiger charge is 2.08. The van der Waals surface area contributed by atoms with Crippen molar-refractivity contribution in [2.45, 2.75) is 19.9 Å². The smallest absolute Gasteiger partial charge is 0.251 e. The van der Waals surface area contributed by atoms with Gasteiger partial charge in [0.2, 0.25) is 5.91 Å². The van der Waals surface area contributed by atoms with Gasteiger partial charge in [0.15, 0.2) is 0 Å². The van der Waals surface area contributed by atoms with E-state index in [2.05, 4.69) is 29.7 Å². The number of carbonyl (C=O) groups excluding carboxylic acids is 2. The molecule has 0 spiro atoms. The van der Waals surface area contributed by atoms with Gasteiger partial charge in [-0.2, -0.15) is 0 Å². The lowest BCUT2D eigenvalue weighted by Gasteiger charge is -2.16. The van der Waals surface area contributed by atoms with Gasteiger partial charge in [-0.1, -0.05) is 36.4 Å². The highest BCUT2D eigenvalue weighted by atomic mass is 16.2. The van der Waals surface area contributed by atoms with E-state index in [0.717, 1.165) is 12.0 Å². The van der Waals surface area contributed by atoms with Crippen molar-refractivity contribution in [3.63, 3.8) is 0 Å². The molecule has 2 aromatic carbocycles. The molecule has 138 valence electrons. The molecule has 5 nitrogen and oxygen atoms in total. The maximum Gasteiger partial charge on any atom is 0.251 e. The molecule has 0 radical (unpaired) electrons. The highest BCUT2D eigenvalue weighted by molar-refractivity contribution is 5.93. The van der Waals surface area contributed by atoms with E-state index in [-0.39, 0.29) is 11.8 Å². The first-order valence-electron chi connectivity index (χ1n) is 8.80. The van der Waals surface area contributed by atoms with Crippen LogP contribution in [0.4, 0.5) is 0 Å². The number of carbonyl (C=O) groups is 2. The molecule has 0 unspecified atom stereocenters. The van der Waals surface area contributed by atoms with Crippen molar-refractivity contribution in [2.24, 2.45) is 0 Å². The van der Waals surface area contributed by atoms with Crippen LogP contribution < -0.4 is 10.6 Å². The Kier molecular flexibility index (Phi) is 7.36. The number of nitrogens with one attached hydrogen (secondary N) is 2. The summed E-state index contributed by atoms with van der Waals surface area (Å²) in [5, 5.41) is 5.57. The second-order valence-corrected chi connectivity index (χ2v) is 6.47. The number of nitrogens with zero attached hydrogens (tertiary/aromatic N) is 1. The molecule has 2 N–H and O–H groups in total. The molecule has 2 amide bonds. The van der Waals surface area contributed by atoms with Crippen LogP contribution in [-0.2, 0) is 17.8 Å². The van der Waals surface area contributed by atoms with E-state index < -0.39 is 0 Å². The van der Waals surface area contributed by atoms with Gasteiger partial charge < -0.3 is 10.6 Å². The number of amides is 2. The van der Waals surface area contributed by atoms with Gasteiger partial charge >= 0.3 is 0 Å². The molecule has 0 fully saturated rings. The van der Waals surface area contributed by atoms with Gasteiger partial charge in [-0.25, -0.2) is 0 Å². The molecule has 26 heavy (non-hydrogen) atoms. The zero-order valence-corrected chi connectivity index (χ0v) is 15.7. The summed E-state index contributed by atoms with van der Waals surface area (Å²) in [5.41, 5.74) is 4.21. The van der Waals surface area contributed by atoms with Crippen LogP contribution in [-0.4, -0.2) is 43.9 Å². The Bertz CT molecular complexity index is 741. The largest absolute Gasteiger partial charge is 0.355 e. The summed E-state index contributed by atoms with van der Waals surface area (Å²) in [5.74, 6) is -0.0824. The molecule has 0 saturated heterocycles. The molecule has 0 aliphatic rings. The third kappa shape index (κ3) is 6.01. The Morgan fingerprint density at radius 1 is 1.04 bits per heavy atom. The van der Waals surface area contributed by atoms with E-state index in [1.807, 2.05) is 36.2 Å². The Hall–Kier alpha value is -2.66. The van der Waals surface area contributed by atoms with Crippen molar-refractivity contribution in [1.29, 1.82) is 0 Å². The van der Waals surface area contributed by atoms with Crippen LogP contribution in [0, 0.1) is 6.92 Å². The first kappa shape index (κ1) is 19.7. The minimum Gasteiger partial charge on any atom is -0.355 e. The second kappa shape index (κ2) is 9.73. The third-order valence-corrected chi connectivity index (χ3v) is 4.29. The molecule has 2 aromatic rings. The molecule has 0 heterocycles. The zero-order chi connectivity index (χ0) is 18.9. The third-order valence-electron chi connectivity index (χ3n) is 4.29. The molecule has 0 aromatic heterocycles. The van der Waals surface area contributed by atoms with Gasteiger partial charge in [-0.05, 0) is 49.2 Å². The Labute approximate surface area is 155 Å². The molecule has 0 aliphatic carbocycles. The molecule has 0 aliphatic heterocycles. The van der Waals surface area contributed by atoms with Gasteiger partial charge in [-0.3, -0.25) is 14.5 Å². The zero-order valence-electron chi connectivity index (χ0n) is 15.7. The fourth-order valence-electron chi connectivity index (χ4n) is 2.80. The number of rotatable bonds is 8. The molecule has 0 atom stereocenters. The topological polar surface area (TPSA) is 61.4 Å². The number of likely N-dealkylation sites (N-methyl/N-ethyl adjacent to an activating group) is 1. The van der Waals surface area contributed by atoms with Gasteiger partial charge in [0, 0.05) is 25.7 Å². The lowest BCUT2D eigenvalue weighted by Crippen LogP contribution is -2.35. The van der Waals surface area contributed by atoms with Gasteiger partial charge in [0.25, 0.3) is 5.91 Å². The maximum atomic E-state index is 12.1. The molecular formula is C21H27N3O2. The lowest BCUT2D eigenvalue weighted by atomic mass is 10.1. The van der Waals surface area contributed by atoms with Crippen LogP contribution in [0.25, 0.3) is 0 Å². The minimum absolute atomic E-state index is 0.0167. The fraction of sp³-hybridized carbons (Fsp3) is 0.333. The first-order chi connectivity index (χ1) is 12.5. The summed E-state index contributed by atoms with van der Waals surface area (Å²) in [4.78, 5) is 25.6. The maximum absolute atomic E-state index is 12.1. The summed E-state index contributed by atoms with van der Waals surface area (Å²) < 4.78 is 0. The number of aryl methyl sites for hydroxylation is 1. The van der Waals surface area contributed by atoms with E-state index in [9.17, 15) is 9.59 Å². The van der Waals surface area contributed by atoms with Crippen molar-refractivity contribution < 1.29 is 9.59 Å². The van der Waals surface area contributed by atoms with Crippen LogP contribution in [0.5, 0.6) is 0 Å². The number of benzene rings is 2. The van der Waals surface area contributed by atoms with Crippen molar-refractivity contribution in [3.8, 4) is 0 Å². The van der Waals surface area contributed by atoms with Crippen LogP contribution in [0.1, 0.15) is 27.0 Å². The van der Waals surface area contributed by atoms with Crippen molar-refractivity contribution in [2.75, 3.05) is 27.2 Å². The molecule has 0 saturated carbocycles. The Morgan fingerprint density at radius 2 is 1.73 bits per heavy atom.